The largest absolute Gasteiger partial charge is 0.480 e. The highest BCUT2D eigenvalue weighted by atomic mass is 16.4. The molecule has 1 heterocycles. The van der Waals surface area contributed by atoms with Crippen molar-refractivity contribution >= 4 is 17.8 Å². The third-order valence-electron chi connectivity index (χ3n) is 3.18. The molecular weight excluding hydrogens is 224 g/mol. The van der Waals surface area contributed by atoms with E-state index >= 15 is 0 Å². The predicted molar refractivity (Wildman–Crippen MR) is 60.2 cm³/mol. The van der Waals surface area contributed by atoms with Gasteiger partial charge in [0, 0.05) is 20.5 Å². The van der Waals surface area contributed by atoms with Gasteiger partial charge >= 0.3 is 5.97 Å². The number of likely N-dealkylation sites (N-methyl/N-ethyl adjacent to an activating group) is 1. The number of hydrogen-bond acceptors (Lipinski definition) is 3. The Labute approximate surface area is 100 Å². The van der Waals surface area contributed by atoms with Crippen LogP contribution >= 0.6 is 0 Å². The summed E-state index contributed by atoms with van der Waals surface area (Å²) in [6.45, 7) is 3.57. The lowest BCUT2D eigenvalue weighted by Gasteiger charge is -2.25. The second kappa shape index (κ2) is 5.16. The SMILES string of the molecule is CC(=O)N(C)CC(=O)N1CCC(C)C1C(=O)O. The molecule has 17 heavy (non-hydrogen) atoms. The first kappa shape index (κ1) is 13.5. The van der Waals surface area contributed by atoms with Gasteiger partial charge in [0.15, 0.2) is 0 Å². The Bertz CT molecular complexity index is 342. The van der Waals surface area contributed by atoms with Crippen LogP contribution in [0.1, 0.15) is 20.3 Å². The van der Waals surface area contributed by atoms with Crippen LogP contribution in [-0.4, -0.2) is 58.9 Å². The van der Waals surface area contributed by atoms with Crippen molar-refractivity contribution < 1.29 is 19.5 Å². The Morgan fingerprint density at radius 2 is 2.00 bits per heavy atom. The topological polar surface area (TPSA) is 77.9 Å². The first-order chi connectivity index (χ1) is 7.84. The van der Waals surface area contributed by atoms with Gasteiger partial charge in [0.1, 0.15) is 6.04 Å². The molecule has 96 valence electrons. The number of carboxylic acid groups (broad SMARTS) is 1. The third-order valence-corrected chi connectivity index (χ3v) is 3.18. The van der Waals surface area contributed by atoms with Crippen LogP contribution in [0.15, 0.2) is 0 Å². The fraction of sp³-hybridized carbons (Fsp3) is 0.727. The van der Waals surface area contributed by atoms with E-state index in [-0.39, 0.29) is 24.3 Å². The monoisotopic (exact) mass is 242 g/mol. The molecule has 1 rings (SSSR count). The Hall–Kier alpha value is -1.59. The quantitative estimate of drug-likeness (QED) is 0.742. The Balaban J connectivity index is 2.69. The van der Waals surface area contributed by atoms with Crippen LogP contribution in [0.3, 0.4) is 0 Å². The van der Waals surface area contributed by atoms with Crippen molar-refractivity contribution in [3.63, 3.8) is 0 Å². The average Bonchev–Trinajstić information content (AvgIpc) is 2.59. The van der Waals surface area contributed by atoms with E-state index in [9.17, 15) is 14.4 Å². The van der Waals surface area contributed by atoms with Crippen molar-refractivity contribution in [2.24, 2.45) is 5.92 Å². The minimum Gasteiger partial charge on any atom is -0.480 e. The maximum absolute atomic E-state index is 11.9. The molecule has 6 nitrogen and oxygen atoms in total. The number of aliphatic carboxylic acids is 1. The van der Waals surface area contributed by atoms with Crippen molar-refractivity contribution in [2.45, 2.75) is 26.3 Å². The molecule has 0 aromatic carbocycles. The van der Waals surface area contributed by atoms with E-state index in [1.54, 1.807) is 0 Å². The van der Waals surface area contributed by atoms with E-state index in [0.29, 0.717) is 13.0 Å². The van der Waals surface area contributed by atoms with Crippen molar-refractivity contribution in [3.8, 4) is 0 Å². The zero-order chi connectivity index (χ0) is 13.2. The maximum Gasteiger partial charge on any atom is 0.326 e. The summed E-state index contributed by atoms with van der Waals surface area (Å²) in [5.41, 5.74) is 0. The van der Waals surface area contributed by atoms with Crippen LogP contribution in [-0.2, 0) is 14.4 Å². The molecule has 1 N–H and O–H groups in total. The van der Waals surface area contributed by atoms with Gasteiger partial charge in [0.05, 0.1) is 6.54 Å². The molecule has 6 heteroatoms. The molecule has 0 bridgehead atoms. The summed E-state index contributed by atoms with van der Waals surface area (Å²) in [7, 11) is 1.52. The van der Waals surface area contributed by atoms with Crippen molar-refractivity contribution in [2.75, 3.05) is 20.1 Å². The number of carboxylic acids is 1. The van der Waals surface area contributed by atoms with Gasteiger partial charge in [0.25, 0.3) is 0 Å². The Kier molecular flexibility index (Phi) is 4.09. The fourth-order valence-corrected chi connectivity index (χ4v) is 2.01. The second-order valence-electron chi connectivity index (χ2n) is 4.51. The highest BCUT2D eigenvalue weighted by molar-refractivity contribution is 5.88. The van der Waals surface area contributed by atoms with E-state index in [4.69, 9.17) is 5.11 Å². The number of carbonyl (C=O) groups excluding carboxylic acids is 2. The molecule has 0 saturated carbocycles. The minimum absolute atomic E-state index is 0.0425. The van der Waals surface area contributed by atoms with Crippen LogP contribution < -0.4 is 0 Å². The molecule has 1 saturated heterocycles. The summed E-state index contributed by atoms with van der Waals surface area (Å²) in [6, 6.07) is -0.761. The Morgan fingerprint density at radius 3 is 2.47 bits per heavy atom. The molecule has 1 aliphatic rings. The van der Waals surface area contributed by atoms with Gasteiger partial charge in [-0.25, -0.2) is 4.79 Å². The maximum atomic E-state index is 11.9. The molecule has 0 radical (unpaired) electrons. The normalized spacial score (nSPS) is 23.6. The van der Waals surface area contributed by atoms with Gasteiger partial charge in [-0.05, 0) is 12.3 Å². The molecule has 2 amide bonds. The zero-order valence-electron chi connectivity index (χ0n) is 10.3. The van der Waals surface area contributed by atoms with E-state index in [1.165, 1.54) is 23.8 Å². The molecule has 0 aromatic heterocycles. The van der Waals surface area contributed by atoms with Crippen molar-refractivity contribution in [1.82, 2.24) is 9.80 Å². The smallest absolute Gasteiger partial charge is 0.326 e. The summed E-state index contributed by atoms with van der Waals surface area (Å²) in [5, 5.41) is 9.07. The number of hydrogen-bond donors (Lipinski definition) is 1. The van der Waals surface area contributed by atoms with Gasteiger partial charge < -0.3 is 14.9 Å². The summed E-state index contributed by atoms with van der Waals surface area (Å²) in [4.78, 5) is 36.6. The number of likely N-dealkylation sites (tertiary alicyclic amines) is 1. The minimum atomic E-state index is -0.978. The van der Waals surface area contributed by atoms with E-state index in [0.717, 1.165) is 0 Å². The van der Waals surface area contributed by atoms with Gasteiger partial charge in [-0.15, -0.1) is 0 Å². The zero-order valence-corrected chi connectivity index (χ0v) is 10.3. The molecule has 0 spiro atoms. The number of carbonyl (C=O) groups is 3. The average molecular weight is 242 g/mol. The lowest BCUT2D eigenvalue weighted by molar-refractivity contribution is -0.150. The highest BCUT2D eigenvalue weighted by Crippen LogP contribution is 2.24. The first-order valence-corrected chi connectivity index (χ1v) is 5.58. The van der Waals surface area contributed by atoms with E-state index < -0.39 is 12.0 Å². The van der Waals surface area contributed by atoms with Gasteiger partial charge in [-0.1, -0.05) is 6.92 Å². The number of nitrogens with zero attached hydrogens (tertiary/aromatic N) is 2. The molecule has 2 atom stereocenters. The van der Waals surface area contributed by atoms with Crippen molar-refractivity contribution in [1.29, 1.82) is 0 Å². The number of amides is 2. The lowest BCUT2D eigenvalue weighted by atomic mass is 10.0. The van der Waals surface area contributed by atoms with E-state index in [1.807, 2.05) is 6.92 Å². The summed E-state index contributed by atoms with van der Waals surface area (Å²) in [5.74, 6) is -1.54. The predicted octanol–water partition coefficient (Wildman–Crippen LogP) is -0.214. The molecule has 0 aromatic rings. The fourth-order valence-electron chi connectivity index (χ4n) is 2.01. The highest BCUT2D eigenvalue weighted by Gasteiger charge is 2.39. The standard InChI is InChI=1S/C11H18N2O4/c1-7-4-5-13(10(7)11(16)17)9(15)6-12(3)8(2)14/h7,10H,4-6H2,1-3H3,(H,16,17). The van der Waals surface area contributed by atoms with Crippen LogP contribution in [0.2, 0.25) is 0 Å². The Morgan fingerprint density at radius 1 is 1.41 bits per heavy atom. The van der Waals surface area contributed by atoms with Crippen LogP contribution in [0.4, 0.5) is 0 Å². The first-order valence-electron chi connectivity index (χ1n) is 5.58. The molecule has 1 aliphatic heterocycles. The van der Waals surface area contributed by atoms with Crippen LogP contribution in [0, 0.1) is 5.92 Å². The summed E-state index contributed by atoms with van der Waals surface area (Å²) in [6.07, 6.45) is 0.687. The summed E-state index contributed by atoms with van der Waals surface area (Å²) < 4.78 is 0. The van der Waals surface area contributed by atoms with Crippen LogP contribution in [0.5, 0.6) is 0 Å². The van der Waals surface area contributed by atoms with E-state index in [2.05, 4.69) is 0 Å². The third kappa shape index (κ3) is 2.95. The van der Waals surface area contributed by atoms with Crippen molar-refractivity contribution in [3.05, 3.63) is 0 Å². The molecule has 0 aliphatic carbocycles. The molecule has 1 fully saturated rings. The van der Waals surface area contributed by atoms with Crippen LogP contribution in [0.25, 0.3) is 0 Å². The number of rotatable bonds is 3. The van der Waals surface area contributed by atoms with Gasteiger partial charge in [0.2, 0.25) is 11.8 Å². The van der Waals surface area contributed by atoms with Gasteiger partial charge in [-0.3, -0.25) is 9.59 Å². The molecule has 2 unspecified atom stereocenters. The second-order valence-corrected chi connectivity index (χ2v) is 4.51. The molecular formula is C11H18N2O4. The van der Waals surface area contributed by atoms with Gasteiger partial charge in [-0.2, -0.15) is 0 Å². The summed E-state index contributed by atoms with van der Waals surface area (Å²) >= 11 is 0. The lowest BCUT2D eigenvalue weighted by Crippen LogP contribution is -2.47.